The van der Waals surface area contributed by atoms with Crippen molar-refractivity contribution in [2.75, 3.05) is 62.6 Å². The number of nitrogens with one attached hydrogen (secondary N) is 2. The minimum Gasteiger partial charge on any atom is -0.368 e. The van der Waals surface area contributed by atoms with Crippen molar-refractivity contribution >= 4 is 29.1 Å². The van der Waals surface area contributed by atoms with Crippen LogP contribution in [0.1, 0.15) is 37.5 Å². The normalized spacial score (nSPS) is 15.9. The number of benzene rings is 3. The molecule has 2 aliphatic rings. The first-order valence-electron chi connectivity index (χ1n) is 13.4. The molecule has 0 spiro atoms. The Morgan fingerprint density at radius 2 is 1.35 bits per heavy atom. The van der Waals surface area contributed by atoms with E-state index < -0.39 is 17.5 Å². The fourth-order valence-corrected chi connectivity index (χ4v) is 5.06. The second kappa shape index (κ2) is 12.3. The molecule has 208 valence electrons. The fraction of sp³-hybridized carbons (Fsp3) is 0.300. The van der Waals surface area contributed by atoms with Gasteiger partial charge >= 0.3 is 0 Å². The molecule has 0 aliphatic carbocycles. The van der Waals surface area contributed by atoms with E-state index in [2.05, 4.69) is 15.5 Å². The lowest BCUT2D eigenvalue weighted by molar-refractivity contribution is 0.0734. The van der Waals surface area contributed by atoms with Crippen molar-refractivity contribution in [3.05, 3.63) is 95.1 Å². The molecule has 2 N–H and O–H groups in total. The highest BCUT2D eigenvalue weighted by molar-refractivity contribution is 6.07. The molecule has 0 atom stereocenters. The molecular weight excluding hydrogens is 516 g/mol. The van der Waals surface area contributed by atoms with Gasteiger partial charge in [0.15, 0.2) is 0 Å². The van der Waals surface area contributed by atoms with E-state index in [9.17, 15) is 23.2 Å². The molecule has 40 heavy (non-hydrogen) atoms. The van der Waals surface area contributed by atoms with Crippen LogP contribution >= 0.6 is 0 Å². The van der Waals surface area contributed by atoms with Crippen molar-refractivity contribution in [3.8, 4) is 0 Å². The van der Waals surface area contributed by atoms with Crippen molar-refractivity contribution in [2.24, 2.45) is 0 Å². The van der Waals surface area contributed by atoms with Gasteiger partial charge in [0, 0.05) is 69.0 Å². The van der Waals surface area contributed by atoms with E-state index in [1.807, 2.05) is 6.07 Å². The number of hydrogen-bond donors (Lipinski definition) is 2. The van der Waals surface area contributed by atoms with Crippen LogP contribution in [0.4, 0.5) is 20.2 Å². The van der Waals surface area contributed by atoms with Crippen LogP contribution in [0.25, 0.3) is 0 Å². The Labute approximate surface area is 231 Å². The average molecular weight is 548 g/mol. The summed E-state index contributed by atoms with van der Waals surface area (Å²) in [5, 5.41) is 6.15. The van der Waals surface area contributed by atoms with E-state index >= 15 is 0 Å². The Morgan fingerprint density at radius 1 is 0.675 bits per heavy atom. The molecule has 2 heterocycles. The summed E-state index contributed by atoms with van der Waals surface area (Å²) in [5.41, 5.74) is 2.22. The topological polar surface area (TPSA) is 85.0 Å². The molecule has 8 nitrogen and oxygen atoms in total. The van der Waals surface area contributed by atoms with E-state index in [1.54, 1.807) is 28.0 Å². The average Bonchev–Trinajstić information content (AvgIpc) is 3.23. The first-order valence-corrected chi connectivity index (χ1v) is 13.4. The largest absolute Gasteiger partial charge is 0.368 e. The second-order valence-corrected chi connectivity index (χ2v) is 9.88. The number of nitrogens with zero attached hydrogens (tertiary/aromatic N) is 3. The molecule has 3 aromatic rings. The lowest BCUT2D eigenvalue weighted by Gasteiger charge is -2.29. The summed E-state index contributed by atoms with van der Waals surface area (Å²) in [5.74, 6) is -1.68. The summed E-state index contributed by atoms with van der Waals surface area (Å²) in [6, 6.07) is 16.2. The number of piperazine rings is 1. The third kappa shape index (κ3) is 6.28. The summed E-state index contributed by atoms with van der Waals surface area (Å²) in [4.78, 5) is 44.9. The summed E-state index contributed by atoms with van der Waals surface area (Å²) in [6.07, 6.45) is 0.661. The Bertz CT molecular complexity index is 1390. The van der Waals surface area contributed by atoms with E-state index in [0.29, 0.717) is 68.2 Å². The summed E-state index contributed by atoms with van der Waals surface area (Å²) in [6.45, 7) is 4.62. The number of carbonyl (C=O) groups excluding carboxylic acids is 3. The minimum absolute atomic E-state index is 0.118. The highest BCUT2D eigenvalue weighted by Crippen LogP contribution is 2.30. The van der Waals surface area contributed by atoms with Crippen LogP contribution in [0, 0.1) is 11.6 Å². The Balaban J connectivity index is 1.39. The van der Waals surface area contributed by atoms with Gasteiger partial charge in [0.2, 0.25) is 0 Å². The van der Waals surface area contributed by atoms with Crippen LogP contribution in [-0.4, -0.2) is 79.9 Å². The second-order valence-electron chi connectivity index (χ2n) is 9.88. The van der Waals surface area contributed by atoms with Gasteiger partial charge in [0.1, 0.15) is 11.6 Å². The first kappa shape index (κ1) is 27.3. The van der Waals surface area contributed by atoms with E-state index in [4.69, 9.17) is 0 Å². The van der Waals surface area contributed by atoms with Gasteiger partial charge in [-0.25, -0.2) is 8.78 Å². The van der Waals surface area contributed by atoms with Gasteiger partial charge in [0.05, 0.1) is 11.4 Å². The van der Waals surface area contributed by atoms with Crippen LogP contribution in [0.15, 0.2) is 66.7 Å². The predicted molar refractivity (Wildman–Crippen MR) is 149 cm³/mol. The molecule has 0 radical (unpaired) electrons. The van der Waals surface area contributed by atoms with E-state index in [0.717, 1.165) is 13.1 Å². The lowest BCUT2D eigenvalue weighted by atomic mass is 10.1. The zero-order valence-electron chi connectivity index (χ0n) is 22.0. The number of rotatable bonds is 5. The maximum atomic E-state index is 13.7. The van der Waals surface area contributed by atoms with Crippen LogP contribution in [0.5, 0.6) is 0 Å². The minimum atomic E-state index is -0.459. The number of carbonyl (C=O) groups is 3. The van der Waals surface area contributed by atoms with Crippen molar-refractivity contribution in [1.29, 1.82) is 0 Å². The van der Waals surface area contributed by atoms with Crippen LogP contribution in [0.2, 0.25) is 0 Å². The standard InChI is InChI=1S/C30H31F2N5O3/c31-24-8-5-21(6-9-24)28(38)34-26-20-23(30(40)37-15-11-33-12-16-37)7-10-27(26)35-13-2-14-36(18-17-35)29(39)22-3-1-4-25(32)19-22/h1,3-10,19-20,33H,2,11-18H2,(H,34,38). The Kier molecular flexibility index (Phi) is 8.35. The van der Waals surface area contributed by atoms with Gasteiger partial charge in [0.25, 0.3) is 17.7 Å². The predicted octanol–water partition coefficient (Wildman–Crippen LogP) is 3.62. The van der Waals surface area contributed by atoms with E-state index in [1.165, 1.54) is 42.5 Å². The fourth-order valence-electron chi connectivity index (χ4n) is 5.06. The summed E-state index contributed by atoms with van der Waals surface area (Å²) >= 11 is 0. The highest BCUT2D eigenvalue weighted by Gasteiger charge is 2.25. The zero-order chi connectivity index (χ0) is 28.1. The van der Waals surface area contributed by atoms with Crippen molar-refractivity contribution in [2.45, 2.75) is 6.42 Å². The Hall–Kier alpha value is -4.31. The molecule has 2 saturated heterocycles. The number of anilines is 2. The smallest absolute Gasteiger partial charge is 0.255 e. The lowest BCUT2D eigenvalue weighted by Crippen LogP contribution is -2.46. The zero-order valence-corrected chi connectivity index (χ0v) is 22.0. The maximum absolute atomic E-state index is 13.7. The molecule has 0 bridgehead atoms. The number of hydrogen-bond acceptors (Lipinski definition) is 5. The molecular formula is C30H31F2N5O3. The molecule has 3 amide bonds. The third-order valence-corrected chi connectivity index (χ3v) is 7.20. The van der Waals surface area contributed by atoms with Gasteiger partial charge in [-0.2, -0.15) is 0 Å². The van der Waals surface area contributed by atoms with Gasteiger partial charge < -0.3 is 25.3 Å². The van der Waals surface area contributed by atoms with Gasteiger partial charge in [-0.1, -0.05) is 6.07 Å². The van der Waals surface area contributed by atoms with Gasteiger partial charge in [-0.15, -0.1) is 0 Å². The van der Waals surface area contributed by atoms with Crippen LogP contribution in [-0.2, 0) is 0 Å². The molecule has 5 rings (SSSR count). The summed E-state index contributed by atoms with van der Waals surface area (Å²) in [7, 11) is 0. The molecule has 0 unspecified atom stereocenters. The van der Waals surface area contributed by atoms with E-state index in [-0.39, 0.29) is 17.4 Å². The first-order chi connectivity index (χ1) is 19.4. The van der Waals surface area contributed by atoms with Gasteiger partial charge in [-0.3, -0.25) is 14.4 Å². The molecule has 0 aromatic heterocycles. The van der Waals surface area contributed by atoms with Gasteiger partial charge in [-0.05, 0) is 67.1 Å². The molecule has 2 fully saturated rings. The number of amides is 3. The van der Waals surface area contributed by atoms with Crippen LogP contribution in [0.3, 0.4) is 0 Å². The van der Waals surface area contributed by atoms with Crippen molar-refractivity contribution in [3.63, 3.8) is 0 Å². The highest BCUT2D eigenvalue weighted by atomic mass is 19.1. The molecule has 3 aromatic carbocycles. The summed E-state index contributed by atoms with van der Waals surface area (Å²) < 4.78 is 27.1. The molecule has 2 aliphatic heterocycles. The van der Waals surface area contributed by atoms with Crippen molar-refractivity contribution in [1.82, 2.24) is 15.1 Å². The van der Waals surface area contributed by atoms with Crippen molar-refractivity contribution < 1.29 is 23.2 Å². The monoisotopic (exact) mass is 547 g/mol. The maximum Gasteiger partial charge on any atom is 0.255 e. The third-order valence-electron chi connectivity index (χ3n) is 7.20. The molecule has 0 saturated carbocycles. The SMILES string of the molecule is O=C(Nc1cc(C(=O)N2CCNCC2)ccc1N1CCCN(C(=O)c2cccc(F)c2)CC1)c1ccc(F)cc1. The number of halogens is 2. The molecule has 10 heteroatoms. The van der Waals surface area contributed by atoms with Crippen LogP contribution < -0.4 is 15.5 Å². The Morgan fingerprint density at radius 3 is 2.08 bits per heavy atom. The quantitative estimate of drug-likeness (QED) is 0.510.